The Balaban J connectivity index is 1.78. The summed E-state index contributed by atoms with van der Waals surface area (Å²) in [7, 11) is 0. The SMILES string of the molecule is N#CC(=NNc1cc(Cl)c(Oc2cc(N3CCOCC3)c(Cl)nn2)c(Cl)c1)C(=O)OC(N)=O. The van der Waals surface area contributed by atoms with Gasteiger partial charge in [-0.15, -0.1) is 10.2 Å². The number of hydrazone groups is 1. The number of rotatable bonds is 6. The molecule has 0 unspecified atom stereocenters. The van der Waals surface area contributed by atoms with E-state index in [2.05, 4.69) is 25.5 Å². The number of nitrogens with one attached hydrogen (secondary N) is 1. The van der Waals surface area contributed by atoms with E-state index in [9.17, 15) is 9.59 Å². The summed E-state index contributed by atoms with van der Waals surface area (Å²) in [5.41, 5.74) is 7.21. The third-order valence-electron chi connectivity index (χ3n) is 4.05. The Morgan fingerprint density at radius 3 is 2.45 bits per heavy atom. The number of nitriles is 1. The summed E-state index contributed by atoms with van der Waals surface area (Å²) < 4.78 is 15.1. The molecule has 1 aliphatic rings. The van der Waals surface area contributed by atoms with E-state index < -0.39 is 17.8 Å². The molecule has 3 rings (SSSR count). The van der Waals surface area contributed by atoms with Crippen molar-refractivity contribution in [2.45, 2.75) is 0 Å². The average molecular weight is 515 g/mol. The smallest absolute Gasteiger partial charge is 0.412 e. The minimum Gasteiger partial charge on any atom is -0.434 e. The predicted molar refractivity (Wildman–Crippen MR) is 119 cm³/mol. The molecule has 2 heterocycles. The molecule has 3 N–H and O–H groups in total. The number of anilines is 2. The largest absolute Gasteiger partial charge is 0.434 e. The van der Waals surface area contributed by atoms with Crippen molar-refractivity contribution in [3.05, 3.63) is 33.4 Å². The van der Waals surface area contributed by atoms with Gasteiger partial charge in [0.2, 0.25) is 11.6 Å². The van der Waals surface area contributed by atoms with Crippen molar-refractivity contribution in [2.24, 2.45) is 10.8 Å². The number of morpholine rings is 1. The van der Waals surface area contributed by atoms with Crippen LogP contribution in [0.1, 0.15) is 0 Å². The number of benzene rings is 1. The van der Waals surface area contributed by atoms with Crippen LogP contribution in [0.5, 0.6) is 11.6 Å². The van der Waals surface area contributed by atoms with E-state index in [1.807, 2.05) is 4.90 Å². The number of carbonyl (C=O) groups is 2. The Labute approximate surface area is 201 Å². The molecular weight excluding hydrogens is 501 g/mol. The Hall–Kier alpha value is -3.37. The Bertz CT molecular complexity index is 1130. The summed E-state index contributed by atoms with van der Waals surface area (Å²) in [5.74, 6) is -1.15. The van der Waals surface area contributed by atoms with Crippen LogP contribution >= 0.6 is 34.8 Å². The minimum absolute atomic E-state index is 0.0584. The highest BCUT2D eigenvalue weighted by Gasteiger charge is 2.19. The van der Waals surface area contributed by atoms with Crippen LogP contribution in [0, 0.1) is 11.3 Å². The summed E-state index contributed by atoms with van der Waals surface area (Å²) in [6.07, 6.45) is -1.38. The van der Waals surface area contributed by atoms with Crippen LogP contribution in [0.4, 0.5) is 16.2 Å². The van der Waals surface area contributed by atoms with Gasteiger partial charge >= 0.3 is 12.1 Å². The fourth-order valence-electron chi connectivity index (χ4n) is 2.63. The first-order chi connectivity index (χ1) is 15.8. The average Bonchev–Trinajstić information content (AvgIpc) is 2.78. The monoisotopic (exact) mass is 513 g/mol. The summed E-state index contributed by atoms with van der Waals surface area (Å²) in [4.78, 5) is 24.2. The number of aromatic nitrogens is 2. The molecule has 1 aromatic heterocycles. The predicted octanol–water partition coefficient (Wildman–Crippen LogP) is 2.98. The van der Waals surface area contributed by atoms with Crippen molar-refractivity contribution in [3.63, 3.8) is 0 Å². The number of halogens is 3. The molecule has 0 spiro atoms. The second kappa shape index (κ2) is 11.0. The minimum atomic E-state index is -1.38. The fraction of sp³-hybridized carbons (Fsp3) is 0.222. The van der Waals surface area contributed by atoms with E-state index in [1.165, 1.54) is 18.2 Å². The lowest BCUT2D eigenvalue weighted by Gasteiger charge is -2.29. The highest BCUT2D eigenvalue weighted by atomic mass is 35.5. The lowest BCUT2D eigenvalue weighted by molar-refractivity contribution is -0.129. The van der Waals surface area contributed by atoms with Gasteiger partial charge in [-0.25, -0.2) is 9.59 Å². The number of nitrogens with two attached hydrogens (primary N) is 1. The van der Waals surface area contributed by atoms with Gasteiger partial charge < -0.3 is 24.8 Å². The normalized spacial score (nSPS) is 13.8. The summed E-state index contributed by atoms with van der Waals surface area (Å²) in [6, 6.07) is 5.80. The van der Waals surface area contributed by atoms with Crippen molar-refractivity contribution in [1.82, 2.24) is 10.2 Å². The molecule has 15 heteroatoms. The quantitative estimate of drug-likeness (QED) is 0.253. The Kier molecular flexibility index (Phi) is 8.07. The first kappa shape index (κ1) is 24.3. The van der Waals surface area contributed by atoms with Crippen molar-refractivity contribution in [3.8, 4) is 17.7 Å². The van der Waals surface area contributed by atoms with Crippen LogP contribution in [0.3, 0.4) is 0 Å². The van der Waals surface area contributed by atoms with Gasteiger partial charge in [0, 0.05) is 19.2 Å². The number of carbonyl (C=O) groups excluding carboxylic acids is 2. The van der Waals surface area contributed by atoms with Gasteiger partial charge in [-0.1, -0.05) is 34.8 Å². The van der Waals surface area contributed by atoms with E-state index in [-0.39, 0.29) is 32.5 Å². The molecule has 1 aromatic carbocycles. The third-order valence-corrected chi connectivity index (χ3v) is 4.88. The van der Waals surface area contributed by atoms with Crippen molar-refractivity contribution in [2.75, 3.05) is 36.6 Å². The zero-order valence-electron chi connectivity index (χ0n) is 16.5. The molecule has 1 amide bonds. The van der Waals surface area contributed by atoms with Crippen molar-refractivity contribution < 1.29 is 23.8 Å². The molecule has 0 atom stereocenters. The zero-order valence-corrected chi connectivity index (χ0v) is 18.8. The Morgan fingerprint density at radius 1 is 1.18 bits per heavy atom. The molecular formula is C18H14Cl3N7O5. The second-order valence-corrected chi connectivity index (χ2v) is 7.39. The molecule has 33 heavy (non-hydrogen) atoms. The Morgan fingerprint density at radius 2 is 1.85 bits per heavy atom. The number of hydrogen-bond donors (Lipinski definition) is 2. The number of amides is 1. The summed E-state index contributed by atoms with van der Waals surface area (Å²) >= 11 is 18.7. The van der Waals surface area contributed by atoms with E-state index in [4.69, 9.17) is 55.3 Å². The summed E-state index contributed by atoms with van der Waals surface area (Å²) in [5, 5.41) is 20.6. The van der Waals surface area contributed by atoms with Crippen LogP contribution in [0.25, 0.3) is 0 Å². The molecule has 1 saturated heterocycles. The van der Waals surface area contributed by atoms with Crippen LogP contribution < -0.4 is 20.8 Å². The van der Waals surface area contributed by atoms with Crippen LogP contribution in [0.15, 0.2) is 23.3 Å². The molecule has 172 valence electrons. The van der Waals surface area contributed by atoms with Gasteiger partial charge in [0.15, 0.2) is 10.9 Å². The second-order valence-electron chi connectivity index (χ2n) is 6.22. The van der Waals surface area contributed by atoms with Crippen LogP contribution in [0.2, 0.25) is 15.2 Å². The molecule has 12 nitrogen and oxygen atoms in total. The third kappa shape index (κ3) is 6.33. The highest BCUT2D eigenvalue weighted by Crippen LogP contribution is 2.39. The van der Waals surface area contributed by atoms with Crippen LogP contribution in [-0.2, 0) is 14.3 Å². The van der Waals surface area contributed by atoms with Crippen LogP contribution in [-0.4, -0.2) is 54.3 Å². The lowest BCUT2D eigenvalue weighted by atomic mass is 10.3. The van der Waals surface area contributed by atoms with E-state index >= 15 is 0 Å². The number of esters is 1. The van der Waals surface area contributed by atoms with Gasteiger partial charge in [-0.3, -0.25) is 5.43 Å². The number of ether oxygens (including phenoxy) is 3. The van der Waals surface area contributed by atoms with Gasteiger partial charge in [0.05, 0.1) is 34.6 Å². The van der Waals surface area contributed by atoms with Crippen molar-refractivity contribution in [1.29, 1.82) is 5.26 Å². The first-order valence-corrected chi connectivity index (χ1v) is 10.2. The summed E-state index contributed by atoms with van der Waals surface area (Å²) in [6.45, 7) is 2.37. The van der Waals surface area contributed by atoms with Gasteiger partial charge in [-0.2, -0.15) is 10.4 Å². The van der Waals surface area contributed by atoms with Gasteiger partial charge in [-0.05, 0) is 12.1 Å². The van der Waals surface area contributed by atoms with Gasteiger partial charge in [0.1, 0.15) is 6.07 Å². The topological polar surface area (TPSA) is 165 Å². The molecule has 0 aliphatic carbocycles. The van der Waals surface area contributed by atoms with Crippen molar-refractivity contribution >= 4 is 64.0 Å². The zero-order chi connectivity index (χ0) is 24.0. The number of primary amides is 1. The highest BCUT2D eigenvalue weighted by molar-refractivity contribution is 6.44. The molecule has 0 saturated carbocycles. The van der Waals surface area contributed by atoms with E-state index in [1.54, 1.807) is 6.07 Å². The van der Waals surface area contributed by atoms with Gasteiger partial charge in [0.25, 0.3) is 0 Å². The maximum Gasteiger partial charge on any atom is 0.412 e. The number of nitrogens with zero attached hydrogens (tertiary/aromatic N) is 5. The molecule has 1 fully saturated rings. The molecule has 2 aromatic rings. The number of hydrogen-bond acceptors (Lipinski definition) is 11. The fourth-order valence-corrected chi connectivity index (χ4v) is 3.40. The first-order valence-electron chi connectivity index (χ1n) is 9.06. The van der Waals surface area contributed by atoms with E-state index in [0.29, 0.717) is 32.0 Å². The maximum absolute atomic E-state index is 11.5. The maximum atomic E-state index is 11.5. The van der Waals surface area contributed by atoms with E-state index in [0.717, 1.165) is 0 Å². The molecule has 1 aliphatic heterocycles. The molecule has 0 bridgehead atoms. The lowest BCUT2D eigenvalue weighted by Crippen LogP contribution is -2.36. The molecule has 0 radical (unpaired) electrons. The standard InChI is InChI=1S/C18H14Cl3N7O5/c19-10-5-9(24-25-12(8-22)17(29)33-18(23)30)6-11(20)15(10)32-14-7-13(16(21)27-26-14)28-1-3-31-4-2-28/h5-7,24H,1-4H2,(H2,23,30).